The molecule has 1 aliphatic heterocycles. The van der Waals surface area contributed by atoms with Crippen LogP contribution in [0.4, 0.5) is 4.79 Å². The van der Waals surface area contributed by atoms with Crippen molar-refractivity contribution in [1.82, 2.24) is 10.2 Å². The Morgan fingerprint density at radius 1 is 1.64 bits per heavy atom. The third kappa shape index (κ3) is 2.08. The highest BCUT2D eigenvalue weighted by Crippen LogP contribution is 1.95. The van der Waals surface area contributed by atoms with Crippen molar-refractivity contribution in [2.45, 2.75) is 0 Å². The van der Waals surface area contributed by atoms with E-state index in [0.29, 0.717) is 6.54 Å². The third-order valence-electron chi connectivity index (χ3n) is 1.20. The van der Waals surface area contributed by atoms with Crippen LogP contribution in [-0.2, 0) is 4.79 Å². The SMILES string of the molecule is O=C1CN(CC#CI)C(=O)N1. The summed E-state index contributed by atoms with van der Waals surface area (Å²) in [6.45, 7) is 0.449. The number of urea groups is 1. The molecule has 58 valence electrons. The van der Waals surface area contributed by atoms with E-state index in [2.05, 4.69) is 15.2 Å². The van der Waals surface area contributed by atoms with Crippen LogP contribution in [0.15, 0.2) is 0 Å². The second kappa shape index (κ2) is 3.57. The minimum Gasteiger partial charge on any atom is -0.304 e. The first-order chi connectivity index (χ1) is 5.24. The van der Waals surface area contributed by atoms with Crippen LogP contribution in [0.25, 0.3) is 0 Å². The zero-order valence-electron chi connectivity index (χ0n) is 5.56. The van der Waals surface area contributed by atoms with E-state index in [9.17, 15) is 9.59 Å². The van der Waals surface area contributed by atoms with Gasteiger partial charge >= 0.3 is 6.03 Å². The summed E-state index contributed by atoms with van der Waals surface area (Å²) in [7, 11) is 0. The summed E-state index contributed by atoms with van der Waals surface area (Å²) >= 11 is 1.88. The fourth-order valence-electron chi connectivity index (χ4n) is 0.736. The highest BCUT2D eigenvalue weighted by atomic mass is 127. The van der Waals surface area contributed by atoms with Crippen LogP contribution in [-0.4, -0.2) is 29.9 Å². The Hall–Kier alpha value is -0.770. The molecule has 0 spiro atoms. The summed E-state index contributed by atoms with van der Waals surface area (Å²) in [5.41, 5.74) is 0. The van der Waals surface area contributed by atoms with Gasteiger partial charge in [-0.15, -0.1) is 0 Å². The summed E-state index contributed by atoms with van der Waals surface area (Å²) in [5, 5.41) is 2.15. The normalized spacial score (nSPS) is 15.9. The van der Waals surface area contributed by atoms with Crippen molar-refractivity contribution in [3.63, 3.8) is 0 Å². The molecular weight excluding hydrogens is 259 g/mol. The molecule has 1 fully saturated rings. The van der Waals surface area contributed by atoms with Crippen LogP contribution >= 0.6 is 22.6 Å². The lowest BCUT2D eigenvalue weighted by molar-refractivity contribution is -0.118. The average Bonchev–Trinajstić information content (AvgIpc) is 2.26. The Labute approximate surface area is 77.5 Å². The van der Waals surface area contributed by atoms with Crippen molar-refractivity contribution in [2.75, 3.05) is 13.1 Å². The van der Waals surface area contributed by atoms with Gasteiger partial charge in [0.2, 0.25) is 5.91 Å². The van der Waals surface area contributed by atoms with Gasteiger partial charge in [0.25, 0.3) is 0 Å². The summed E-state index contributed by atoms with van der Waals surface area (Å²) in [6.07, 6.45) is 0. The predicted octanol–water partition coefficient (Wildman–Crippen LogP) is -0.0659. The van der Waals surface area contributed by atoms with E-state index in [4.69, 9.17) is 0 Å². The lowest BCUT2D eigenvalue weighted by Crippen LogP contribution is -2.28. The molecule has 1 heterocycles. The molecule has 0 unspecified atom stereocenters. The molecule has 0 radical (unpaired) electrons. The highest BCUT2D eigenvalue weighted by molar-refractivity contribution is 14.1. The Morgan fingerprint density at radius 2 is 2.36 bits per heavy atom. The number of carbonyl (C=O) groups excluding carboxylic acids is 2. The number of nitrogens with one attached hydrogen (secondary N) is 1. The first-order valence-electron chi connectivity index (χ1n) is 2.91. The minimum absolute atomic E-state index is 0.129. The van der Waals surface area contributed by atoms with Gasteiger partial charge in [-0.1, -0.05) is 5.92 Å². The molecule has 11 heavy (non-hydrogen) atoms. The first kappa shape index (κ1) is 8.33. The van der Waals surface area contributed by atoms with Gasteiger partial charge in [-0.3, -0.25) is 10.1 Å². The van der Waals surface area contributed by atoms with Crippen molar-refractivity contribution < 1.29 is 9.59 Å². The number of amides is 3. The quantitative estimate of drug-likeness (QED) is 0.409. The van der Waals surface area contributed by atoms with E-state index in [1.54, 1.807) is 0 Å². The summed E-state index contributed by atoms with van der Waals surface area (Å²) in [5.74, 6) is 2.43. The van der Waals surface area contributed by atoms with Gasteiger partial charge in [0.15, 0.2) is 0 Å². The number of carbonyl (C=O) groups is 2. The maximum atomic E-state index is 10.8. The van der Waals surface area contributed by atoms with Crippen LogP contribution in [0.2, 0.25) is 0 Å². The largest absolute Gasteiger partial charge is 0.325 e. The zero-order chi connectivity index (χ0) is 8.27. The standard InChI is InChI=1S/C6H5IN2O2/c7-2-1-3-9-4-5(10)8-6(9)11/h3-4H2,(H,8,10,11). The molecule has 0 aliphatic carbocycles. The number of imide groups is 1. The maximum Gasteiger partial charge on any atom is 0.325 e. The number of halogens is 1. The van der Waals surface area contributed by atoms with E-state index in [1.165, 1.54) is 4.90 Å². The van der Waals surface area contributed by atoms with Crippen molar-refractivity contribution in [1.29, 1.82) is 0 Å². The van der Waals surface area contributed by atoms with Crippen molar-refractivity contribution in [2.24, 2.45) is 0 Å². The molecule has 0 atom stereocenters. The molecule has 0 aromatic rings. The first-order valence-corrected chi connectivity index (χ1v) is 3.99. The number of hydrogen-bond acceptors (Lipinski definition) is 2. The van der Waals surface area contributed by atoms with E-state index in [1.807, 2.05) is 22.6 Å². The van der Waals surface area contributed by atoms with Gasteiger partial charge in [0, 0.05) is 22.6 Å². The Morgan fingerprint density at radius 3 is 2.82 bits per heavy atom. The van der Waals surface area contributed by atoms with Gasteiger partial charge in [0.1, 0.15) is 6.54 Å². The second-order valence-corrected chi connectivity index (χ2v) is 2.52. The van der Waals surface area contributed by atoms with E-state index in [-0.39, 0.29) is 18.5 Å². The molecule has 1 N–H and O–H groups in total. The average molecular weight is 264 g/mol. The van der Waals surface area contributed by atoms with E-state index >= 15 is 0 Å². The zero-order valence-corrected chi connectivity index (χ0v) is 7.71. The van der Waals surface area contributed by atoms with Gasteiger partial charge in [-0.25, -0.2) is 4.79 Å². The number of rotatable bonds is 1. The van der Waals surface area contributed by atoms with Gasteiger partial charge < -0.3 is 4.90 Å². The second-order valence-electron chi connectivity index (χ2n) is 1.98. The number of nitrogens with zero attached hydrogens (tertiary/aromatic N) is 1. The minimum atomic E-state index is -0.353. The van der Waals surface area contributed by atoms with E-state index < -0.39 is 0 Å². The Kier molecular flexibility index (Phi) is 2.70. The van der Waals surface area contributed by atoms with Crippen molar-refractivity contribution in [3.05, 3.63) is 0 Å². The molecule has 1 aliphatic rings. The molecule has 0 aromatic heterocycles. The summed E-state index contributed by atoms with van der Waals surface area (Å²) < 4.78 is 2.62. The summed E-state index contributed by atoms with van der Waals surface area (Å²) in [6, 6.07) is -0.353. The summed E-state index contributed by atoms with van der Waals surface area (Å²) in [4.78, 5) is 22.8. The van der Waals surface area contributed by atoms with E-state index in [0.717, 1.165) is 0 Å². The molecule has 3 amide bonds. The van der Waals surface area contributed by atoms with Crippen LogP contribution in [0.3, 0.4) is 0 Å². The van der Waals surface area contributed by atoms with Crippen molar-refractivity contribution in [3.8, 4) is 9.85 Å². The fourth-order valence-corrected chi connectivity index (χ4v) is 0.907. The molecule has 1 rings (SSSR count). The van der Waals surface area contributed by atoms with Crippen molar-refractivity contribution >= 4 is 34.5 Å². The molecule has 0 aromatic carbocycles. The highest BCUT2D eigenvalue weighted by Gasteiger charge is 2.25. The Bertz CT molecular complexity index is 253. The van der Waals surface area contributed by atoms with Crippen LogP contribution < -0.4 is 5.32 Å². The third-order valence-corrected chi connectivity index (χ3v) is 1.59. The lowest BCUT2D eigenvalue weighted by Gasteiger charge is -2.06. The van der Waals surface area contributed by atoms with Gasteiger partial charge in [0.05, 0.1) is 6.54 Å². The molecular formula is C6H5IN2O2. The topological polar surface area (TPSA) is 49.4 Å². The molecule has 0 bridgehead atoms. The monoisotopic (exact) mass is 264 g/mol. The van der Waals surface area contributed by atoms with Crippen LogP contribution in [0.5, 0.6) is 0 Å². The molecule has 5 heteroatoms. The van der Waals surface area contributed by atoms with Gasteiger partial charge in [-0.05, 0) is 3.93 Å². The van der Waals surface area contributed by atoms with Gasteiger partial charge in [-0.2, -0.15) is 0 Å². The Balaban J connectivity index is 2.51. The van der Waals surface area contributed by atoms with Crippen LogP contribution in [0.1, 0.15) is 0 Å². The molecule has 0 saturated carbocycles. The maximum absolute atomic E-state index is 10.8. The molecule has 1 saturated heterocycles. The van der Waals surface area contributed by atoms with Crippen LogP contribution in [0, 0.1) is 9.85 Å². The lowest BCUT2D eigenvalue weighted by atomic mass is 10.5. The molecule has 4 nitrogen and oxygen atoms in total. The smallest absolute Gasteiger partial charge is 0.304 e. The fraction of sp³-hybridized carbons (Fsp3) is 0.333. The predicted molar refractivity (Wildman–Crippen MR) is 46.9 cm³/mol. The number of hydrogen-bond donors (Lipinski definition) is 1.